The summed E-state index contributed by atoms with van der Waals surface area (Å²) < 4.78 is 32.4. The molecule has 0 saturated carbocycles. The minimum absolute atomic E-state index is 0.0282. The maximum absolute atomic E-state index is 13.7. The van der Waals surface area contributed by atoms with Crippen LogP contribution in [0.3, 0.4) is 0 Å². The van der Waals surface area contributed by atoms with Gasteiger partial charge in [-0.05, 0) is 36.8 Å². The van der Waals surface area contributed by atoms with E-state index < -0.39 is 49.2 Å². The van der Waals surface area contributed by atoms with Crippen molar-refractivity contribution in [3.8, 4) is 11.8 Å². The molecule has 1 aliphatic rings. The number of piperidine rings is 1. The second-order valence-corrected chi connectivity index (χ2v) is 7.35. The third-order valence-corrected chi connectivity index (χ3v) is 5.10. The van der Waals surface area contributed by atoms with Gasteiger partial charge in [-0.2, -0.15) is 5.26 Å². The van der Waals surface area contributed by atoms with Crippen LogP contribution in [0, 0.1) is 11.3 Å². The van der Waals surface area contributed by atoms with E-state index in [0.717, 1.165) is 4.90 Å². The van der Waals surface area contributed by atoms with Crippen molar-refractivity contribution in [2.45, 2.75) is 24.8 Å². The SMILES string of the molecule is COc1ccc(C(=O)Nc2cnccc2C(=O)NCC(=O)N2CC(F)(F)CC[C@H]2C#N)cc1. The minimum atomic E-state index is -3.09. The molecule has 11 heteroatoms. The van der Waals surface area contributed by atoms with Crippen LogP contribution in [0.25, 0.3) is 0 Å². The third kappa shape index (κ3) is 5.79. The van der Waals surface area contributed by atoms with E-state index >= 15 is 0 Å². The van der Waals surface area contributed by atoms with Gasteiger partial charge < -0.3 is 20.3 Å². The van der Waals surface area contributed by atoms with E-state index in [4.69, 9.17) is 10.00 Å². The molecule has 1 atom stereocenters. The Kier molecular flexibility index (Phi) is 7.17. The maximum atomic E-state index is 13.7. The molecular weight excluding hydrogens is 436 g/mol. The van der Waals surface area contributed by atoms with E-state index in [1.807, 2.05) is 6.07 Å². The first-order chi connectivity index (χ1) is 15.7. The highest BCUT2D eigenvalue weighted by Crippen LogP contribution is 2.30. The van der Waals surface area contributed by atoms with Crippen molar-refractivity contribution in [2.75, 3.05) is 25.5 Å². The number of alkyl halides is 2. The standard InChI is InChI=1S/C22H21F2N5O4/c1-33-16-4-2-14(3-5-16)20(31)28-18-11-26-9-7-17(18)21(32)27-12-19(30)29-13-22(23,24)8-6-15(29)10-25/h2-5,7,9,11,15H,6,8,12-13H2,1H3,(H,27,32)(H,28,31)/t15-/m0/s1. The molecular formula is C22H21F2N5O4. The Balaban J connectivity index is 1.66. The zero-order valence-corrected chi connectivity index (χ0v) is 17.7. The summed E-state index contributed by atoms with van der Waals surface area (Å²) in [6.45, 7) is -1.46. The predicted molar refractivity (Wildman–Crippen MR) is 113 cm³/mol. The number of anilines is 1. The Bertz CT molecular complexity index is 1080. The van der Waals surface area contributed by atoms with Crippen LogP contribution in [0.2, 0.25) is 0 Å². The van der Waals surface area contributed by atoms with E-state index in [1.165, 1.54) is 25.6 Å². The summed E-state index contributed by atoms with van der Waals surface area (Å²) in [6, 6.07) is 8.51. The summed E-state index contributed by atoms with van der Waals surface area (Å²) >= 11 is 0. The molecule has 1 aromatic heterocycles. The van der Waals surface area contributed by atoms with Crippen molar-refractivity contribution >= 4 is 23.4 Å². The van der Waals surface area contributed by atoms with E-state index in [9.17, 15) is 23.2 Å². The molecule has 3 amide bonds. The van der Waals surface area contributed by atoms with Crippen LogP contribution in [0.1, 0.15) is 33.6 Å². The van der Waals surface area contributed by atoms with E-state index in [0.29, 0.717) is 11.3 Å². The largest absolute Gasteiger partial charge is 0.497 e. The van der Waals surface area contributed by atoms with Gasteiger partial charge in [0.05, 0.1) is 43.7 Å². The monoisotopic (exact) mass is 457 g/mol. The summed E-state index contributed by atoms with van der Waals surface area (Å²) in [4.78, 5) is 42.3. The molecule has 172 valence electrons. The zero-order valence-electron chi connectivity index (χ0n) is 17.7. The van der Waals surface area contributed by atoms with Crippen molar-refractivity contribution in [1.29, 1.82) is 5.26 Å². The number of aromatic nitrogens is 1. The number of benzene rings is 1. The Labute approximate surface area is 188 Å². The number of halogens is 2. The average molecular weight is 457 g/mol. The predicted octanol–water partition coefficient (Wildman–Crippen LogP) is 2.22. The van der Waals surface area contributed by atoms with Gasteiger partial charge in [-0.15, -0.1) is 0 Å². The van der Waals surface area contributed by atoms with E-state index in [1.54, 1.807) is 24.3 Å². The maximum Gasteiger partial charge on any atom is 0.265 e. The highest BCUT2D eigenvalue weighted by atomic mass is 19.3. The minimum Gasteiger partial charge on any atom is -0.497 e. The first kappa shape index (κ1) is 23.6. The molecule has 0 spiro atoms. The van der Waals surface area contributed by atoms with Crippen molar-refractivity contribution < 1.29 is 27.9 Å². The number of likely N-dealkylation sites (tertiary alicyclic amines) is 1. The summed E-state index contributed by atoms with van der Waals surface area (Å²) in [5.41, 5.74) is 0.443. The second kappa shape index (κ2) is 10.0. The number of nitriles is 1. The number of hydrogen-bond acceptors (Lipinski definition) is 6. The lowest BCUT2D eigenvalue weighted by Crippen LogP contribution is -2.53. The van der Waals surface area contributed by atoms with Crippen LogP contribution in [0.5, 0.6) is 5.75 Å². The number of nitrogens with zero attached hydrogens (tertiary/aromatic N) is 3. The normalized spacial score (nSPS) is 16.9. The summed E-state index contributed by atoms with van der Waals surface area (Å²) in [7, 11) is 1.50. The van der Waals surface area contributed by atoms with Crippen molar-refractivity contribution in [3.05, 3.63) is 53.9 Å². The van der Waals surface area contributed by atoms with Crippen LogP contribution in [-0.4, -0.2) is 59.8 Å². The number of amides is 3. The average Bonchev–Trinajstić information content (AvgIpc) is 2.82. The lowest BCUT2D eigenvalue weighted by atomic mass is 10.00. The number of carbonyl (C=O) groups excluding carboxylic acids is 3. The van der Waals surface area contributed by atoms with Gasteiger partial charge in [0.2, 0.25) is 5.91 Å². The molecule has 0 bridgehead atoms. The van der Waals surface area contributed by atoms with Crippen LogP contribution in [0.15, 0.2) is 42.7 Å². The number of nitrogens with one attached hydrogen (secondary N) is 2. The number of pyridine rings is 1. The first-order valence-electron chi connectivity index (χ1n) is 9.98. The van der Waals surface area contributed by atoms with Crippen molar-refractivity contribution in [1.82, 2.24) is 15.2 Å². The van der Waals surface area contributed by atoms with E-state index in [-0.39, 0.29) is 17.7 Å². The molecule has 3 rings (SSSR count). The van der Waals surface area contributed by atoms with Gasteiger partial charge in [0.1, 0.15) is 11.8 Å². The molecule has 2 heterocycles. The van der Waals surface area contributed by atoms with Crippen molar-refractivity contribution in [2.24, 2.45) is 0 Å². The highest BCUT2D eigenvalue weighted by molar-refractivity contribution is 6.09. The molecule has 0 radical (unpaired) electrons. The highest BCUT2D eigenvalue weighted by Gasteiger charge is 2.42. The fraction of sp³-hybridized carbons (Fsp3) is 0.318. The number of carbonyl (C=O) groups is 3. The molecule has 0 unspecified atom stereocenters. The molecule has 1 aromatic carbocycles. The Morgan fingerprint density at radius 2 is 1.97 bits per heavy atom. The number of ether oxygens (including phenoxy) is 1. The molecule has 33 heavy (non-hydrogen) atoms. The molecule has 9 nitrogen and oxygen atoms in total. The van der Waals surface area contributed by atoms with Crippen molar-refractivity contribution in [3.63, 3.8) is 0 Å². The smallest absolute Gasteiger partial charge is 0.265 e. The van der Waals surface area contributed by atoms with Gasteiger partial charge >= 0.3 is 0 Å². The lowest BCUT2D eigenvalue weighted by Gasteiger charge is -2.36. The lowest BCUT2D eigenvalue weighted by molar-refractivity contribution is -0.143. The molecule has 2 aromatic rings. The Morgan fingerprint density at radius 3 is 2.64 bits per heavy atom. The van der Waals surface area contributed by atoms with Crippen LogP contribution in [-0.2, 0) is 4.79 Å². The molecule has 2 N–H and O–H groups in total. The van der Waals surface area contributed by atoms with Crippen LogP contribution >= 0.6 is 0 Å². The molecule has 1 saturated heterocycles. The molecule has 0 aliphatic carbocycles. The van der Waals surface area contributed by atoms with Gasteiger partial charge in [-0.25, -0.2) is 8.78 Å². The quantitative estimate of drug-likeness (QED) is 0.686. The van der Waals surface area contributed by atoms with Crippen LogP contribution < -0.4 is 15.4 Å². The topological polar surface area (TPSA) is 124 Å². The summed E-state index contributed by atoms with van der Waals surface area (Å²) in [5.74, 6) is -4.53. The van der Waals surface area contributed by atoms with E-state index in [2.05, 4.69) is 15.6 Å². The number of rotatable bonds is 6. The molecule has 1 aliphatic heterocycles. The van der Waals surface area contributed by atoms with Gasteiger partial charge in [-0.3, -0.25) is 19.4 Å². The number of methoxy groups -OCH3 is 1. The zero-order chi connectivity index (χ0) is 24.0. The van der Waals surface area contributed by atoms with Gasteiger partial charge in [0, 0.05) is 18.2 Å². The van der Waals surface area contributed by atoms with Gasteiger partial charge in [0.25, 0.3) is 17.7 Å². The van der Waals surface area contributed by atoms with Gasteiger partial charge in [0.15, 0.2) is 0 Å². The fourth-order valence-electron chi connectivity index (χ4n) is 3.32. The Morgan fingerprint density at radius 1 is 1.24 bits per heavy atom. The second-order valence-electron chi connectivity index (χ2n) is 7.35. The molecule has 1 fully saturated rings. The van der Waals surface area contributed by atoms with Crippen LogP contribution in [0.4, 0.5) is 14.5 Å². The first-order valence-corrected chi connectivity index (χ1v) is 9.98. The summed E-state index contributed by atoms with van der Waals surface area (Å²) in [6.07, 6.45) is 1.98. The fourth-order valence-corrected chi connectivity index (χ4v) is 3.32. The van der Waals surface area contributed by atoms with Gasteiger partial charge in [-0.1, -0.05) is 0 Å². The Hall–Kier alpha value is -4.07. The third-order valence-electron chi connectivity index (χ3n) is 5.10. The summed E-state index contributed by atoms with van der Waals surface area (Å²) in [5, 5.41) is 14.1. The number of hydrogen-bond donors (Lipinski definition) is 2.